The summed E-state index contributed by atoms with van der Waals surface area (Å²) in [5.74, 6) is -0.0405. The molecule has 1 aliphatic rings. The van der Waals surface area contributed by atoms with Crippen LogP contribution in [0.1, 0.15) is 22.5 Å². The van der Waals surface area contributed by atoms with Gasteiger partial charge in [0.05, 0.1) is 6.42 Å². The van der Waals surface area contributed by atoms with Gasteiger partial charge >= 0.3 is 0 Å². The summed E-state index contributed by atoms with van der Waals surface area (Å²) < 4.78 is 0. The van der Waals surface area contributed by atoms with E-state index in [-0.39, 0.29) is 18.2 Å². The number of benzene rings is 1. The molecule has 2 aromatic rings. The molecule has 0 unspecified atom stereocenters. The molecule has 1 aromatic carbocycles. The molecule has 0 aliphatic carbocycles. The summed E-state index contributed by atoms with van der Waals surface area (Å²) in [5, 5.41) is 0.609. The summed E-state index contributed by atoms with van der Waals surface area (Å²) in [6.07, 6.45) is 2.66. The highest BCUT2D eigenvalue weighted by molar-refractivity contribution is 6.31. The lowest BCUT2D eigenvalue weighted by molar-refractivity contribution is -0.130. The van der Waals surface area contributed by atoms with Crippen molar-refractivity contribution in [3.8, 4) is 0 Å². The zero-order valence-electron chi connectivity index (χ0n) is 13.9. The van der Waals surface area contributed by atoms with Crippen LogP contribution in [0.15, 0.2) is 48.7 Å². The smallest absolute Gasteiger partial charge is 0.272 e. The van der Waals surface area contributed by atoms with Crippen molar-refractivity contribution < 1.29 is 9.59 Å². The third-order valence-corrected chi connectivity index (χ3v) is 4.69. The molecular weight excluding hydrogens is 338 g/mol. The minimum absolute atomic E-state index is 0.0419. The fourth-order valence-electron chi connectivity index (χ4n) is 2.94. The summed E-state index contributed by atoms with van der Waals surface area (Å²) in [6.45, 7) is 2.33. The van der Waals surface area contributed by atoms with Gasteiger partial charge < -0.3 is 9.80 Å². The third-order valence-electron chi connectivity index (χ3n) is 4.32. The van der Waals surface area contributed by atoms with Crippen LogP contribution in [0, 0.1) is 0 Å². The number of carbonyl (C=O) groups excluding carboxylic acids is 2. The van der Waals surface area contributed by atoms with Crippen LogP contribution in [0.25, 0.3) is 0 Å². The summed E-state index contributed by atoms with van der Waals surface area (Å²) in [5.41, 5.74) is 1.28. The monoisotopic (exact) mass is 357 g/mol. The quantitative estimate of drug-likeness (QED) is 0.848. The van der Waals surface area contributed by atoms with Gasteiger partial charge in [-0.3, -0.25) is 14.6 Å². The first-order valence-electron chi connectivity index (χ1n) is 8.36. The van der Waals surface area contributed by atoms with Gasteiger partial charge in [0.2, 0.25) is 5.91 Å². The molecule has 0 radical (unpaired) electrons. The molecule has 0 atom stereocenters. The van der Waals surface area contributed by atoms with E-state index in [0.29, 0.717) is 36.9 Å². The molecule has 6 heteroatoms. The Labute approximate surface area is 152 Å². The number of hydrogen-bond acceptors (Lipinski definition) is 3. The Balaban J connectivity index is 1.60. The zero-order valence-corrected chi connectivity index (χ0v) is 14.7. The number of pyridine rings is 1. The molecule has 0 N–H and O–H groups in total. The van der Waals surface area contributed by atoms with Crippen LogP contribution >= 0.6 is 11.6 Å². The number of aromatic nitrogens is 1. The molecule has 130 valence electrons. The largest absolute Gasteiger partial charge is 0.341 e. The molecule has 1 aromatic heterocycles. The SMILES string of the molecule is O=C(Cc1ccccc1Cl)N1CCCN(C(=O)c2ccccn2)CC1. The Morgan fingerprint density at radius 1 is 0.960 bits per heavy atom. The van der Waals surface area contributed by atoms with Gasteiger partial charge in [-0.25, -0.2) is 0 Å². The predicted molar refractivity (Wildman–Crippen MR) is 96.5 cm³/mol. The Hall–Kier alpha value is -2.40. The first kappa shape index (κ1) is 17.4. The Bertz CT molecular complexity index is 751. The Kier molecular flexibility index (Phi) is 5.66. The van der Waals surface area contributed by atoms with Crippen LogP contribution in [0.2, 0.25) is 5.02 Å². The van der Waals surface area contributed by atoms with Crippen molar-refractivity contribution in [1.82, 2.24) is 14.8 Å². The van der Waals surface area contributed by atoms with Gasteiger partial charge in [0.15, 0.2) is 0 Å². The van der Waals surface area contributed by atoms with Crippen molar-refractivity contribution >= 4 is 23.4 Å². The number of amides is 2. The fourth-order valence-corrected chi connectivity index (χ4v) is 3.14. The van der Waals surface area contributed by atoms with Crippen LogP contribution in [0.3, 0.4) is 0 Å². The average molecular weight is 358 g/mol. The van der Waals surface area contributed by atoms with Gasteiger partial charge in [-0.1, -0.05) is 35.9 Å². The van der Waals surface area contributed by atoms with E-state index in [9.17, 15) is 9.59 Å². The molecule has 1 fully saturated rings. The van der Waals surface area contributed by atoms with Gasteiger partial charge in [-0.2, -0.15) is 0 Å². The van der Waals surface area contributed by atoms with Gasteiger partial charge in [0.1, 0.15) is 5.69 Å². The maximum Gasteiger partial charge on any atom is 0.272 e. The second kappa shape index (κ2) is 8.12. The first-order chi connectivity index (χ1) is 12.1. The normalized spacial score (nSPS) is 14.9. The summed E-state index contributed by atoms with van der Waals surface area (Å²) in [4.78, 5) is 32.8. The van der Waals surface area contributed by atoms with Gasteiger partial charge in [0.25, 0.3) is 5.91 Å². The Morgan fingerprint density at radius 3 is 2.44 bits per heavy atom. The highest BCUT2D eigenvalue weighted by Crippen LogP contribution is 2.17. The van der Waals surface area contributed by atoms with Crippen LogP contribution in [-0.4, -0.2) is 52.8 Å². The van der Waals surface area contributed by atoms with Crippen molar-refractivity contribution in [2.24, 2.45) is 0 Å². The van der Waals surface area contributed by atoms with E-state index < -0.39 is 0 Å². The summed E-state index contributed by atoms with van der Waals surface area (Å²) >= 11 is 6.14. The third kappa shape index (κ3) is 4.37. The van der Waals surface area contributed by atoms with E-state index in [1.807, 2.05) is 23.1 Å². The fraction of sp³-hybridized carbons (Fsp3) is 0.316. The average Bonchev–Trinajstić information content (AvgIpc) is 2.90. The maximum absolute atomic E-state index is 12.6. The molecule has 0 spiro atoms. The van der Waals surface area contributed by atoms with Crippen molar-refractivity contribution in [2.75, 3.05) is 26.2 Å². The van der Waals surface area contributed by atoms with Crippen molar-refractivity contribution in [3.05, 3.63) is 64.9 Å². The van der Waals surface area contributed by atoms with Crippen LogP contribution in [-0.2, 0) is 11.2 Å². The predicted octanol–water partition coefficient (Wildman–Crippen LogP) is 2.65. The minimum Gasteiger partial charge on any atom is -0.341 e. The topological polar surface area (TPSA) is 53.5 Å². The van der Waals surface area contributed by atoms with Gasteiger partial charge in [-0.15, -0.1) is 0 Å². The maximum atomic E-state index is 12.6. The second-order valence-corrected chi connectivity index (χ2v) is 6.42. The first-order valence-corrected chi connectivity index (χ1v) is 8.74. The zero-order chi connectivity index (χ0) is 17.6. The lowest BCUT2D eigenvalue weighted by Crippen LogP contribution is -2.38. The van der Waals surface area contributed by atoms with Crippen molar-refractivity contribution in [1.29, 1.82) is 0 Å². The molecule has 5 nitrogen and oxygen atoms in total. The molecule has 25 heavy (non-hydrogen) atoms. The molecule has 2 heterocycles. The summed E-state index contributed by atoms with van der Waals surface area (Å²) in [7, 11) is 0. The molecule has 2 amide bonds. The standard InChI is InChI=1S/C19H20ClN3O2/c20-16-7-2-1-6-15(16)14-18(24)22-10-5-11-23(13-12-22)19(25)17-8-3-4-9-21-17/h1-4,6-9H,5,10-14H2. The number of carbonyl (C=O) groups is 2. The van der Waals surface area contributed by atoms with E-state index >= 15 is 0 Å². The van der Waals surface area contributed by atoms with Crippen LogP contribution in [0.5, 0.6) is 0 Å². The lowest BCUT2D eigenvalue weighted by Gasteiger charge is -2.22. The molecule has 3 rings (SSSR count). The molecule has 1 aliphatic heterocycles. The van der Waals surface area contributed by atoms with E-state index in [1.54, 1.807) is 35.4 Å². The highest BCUT2D eigenvalue weighted by Gasteiger charge is 2.23. The molecule has 0 saturated carbocycles. The number of halogens is 1. The second-order valence-electron chi connectivity index (χ2n) is 6.01. The molecule has 1 saturated heterocycles. The van der Waals surface area contributed by atoms with Gasteiger partial charge in [0, 0.05) is 37.4 Å². The van der Waals surface area contributed by atoms with Crippen LogP contribution < -0.4 is 0 Å². The van der Waals surface area contributed by atoms with E-state index in [2.05, 4.69) is 4.98 Å². The minimum atomic E-state index is -0.0824. The van der Waals surface area contributed by atoms with Crippen LogP contribution in [0.4, 0.5) is 0 Å². The van der Waals surface area contributed by atoms with E-state index in [4.69, 9.17) is 11.6 Å². The Morgan fingerprint density at radius 2 is 1.68 bits per heavy atom. The highest BCUT2D eigenvalue weighted by atomic mass is 35.5. The number of hydrogen-bond donors (Lipinski definition) is 0. The number of nitrogens with zero attached hydrogens (tertiary/aromatic N) is 3. The summed E-state index contributed by atoms with van der Waals surface area (Å²) in [6, 6.07) is 12.7. The van der Waals surface area contributed by atoms with Crippen molar-refractivity contribution in [3.63, 3.8) is 0 Å². The van der Waals surface area contributed by atoms with Crippen molar-refractivity contribution in [2.45, 2.75) is 12.8 Å². The van der Waals surface area contributed by atoms with E-state index in [1.165, 1.54) is 0 Å². The number of rotatable bonds is 3. The van der Waals surface area contributed by atoms with E-state index in [0.717, 1.165) is 12.0 Å². The lowest BCUT2D eigenvalue weighted by atomic mass is 10.1. The molecule has 0 bridgehead atoms. The molecular formula is C19H20ClN3O2. The van der Waals surface area contributed by atoms with Gasteiger partial charge in [-0.05, 0) is 30.2 Å².